The Labute approximate surface area is 128 Å². The highest BCUT2D eigenvalue weighted by Crippen LogP contribution is 2.36. The molecule has 1 aliphatic heterocycles. The van der Waals surface area contributed by atoms with Crippen LogP contribution in [0.5, 0.6) is 0 Å². The van der Waals surface area contributed by atoms with Crippen molar-refractivity contribution in [2.24, 2.45) is 0 Å². The maximum absolute atomic E-state index is 13.7. The standard InChI is InChI=1S/C18H29FN2/c1-4-11-20-17(15-9-8-10-16(19)14-15)18(3,5-2)21-12-6-7-13-21/h8-10,14,17,20H,4-7,11-13H2,1-3H3. The van der Waals surface area contributed by atoms with Gasteiger partial charge in [0.1, 0.15) is 5.82 Å². The van der Waals surface area contributed by atoms with Crippen LogP contribution in [0.3, 0.4) is 0 Å². The number of rotatable bonds is 7. The SMILES string of the molecule is CCCNC(c1cccc(F)c1)C(C)(CC)N1CCCC1. The molecule has 1 fully saturated rings. The third-order valence-corrected chi connectivity index (χ3v) is 4.95. The van der Waals surface area contributed by atoms with E-state index in [0.717, 1.165) is 38.0 Å². The van der Waals surface area contributed by atoms with Gasteiger partial charge in [-0.1, -0.05) is 26.0 Å². The molecule has 1 saturated heterocycles. The molecule has 2 atom stereocenters. The summed E-state index contributed by atoms with van der Waals surface area (Å²) in [5.41, 5.74) is 1.11. The Hall–Kier alpha value is -0.930. The molecular formula is C18H29FN2. The van der Waals surface area contributed by atoms with E-state index in [4.69, 9.17) is 0 Å². The van der Waals surface area contributed by atoms with Gasteiger partial charge in [-0.05, 0) is 69.9 Å². The van der Waals surface area contributed by atoms with Crippen LogP contribution in [-0.4, -0.2) is 30.1 Å². The zero-order chi connectivity index (χ0) is 15.3. The van der Waals surface area contributed by atoms with E-state index in [-0.39, 0.29) is 17.4 Å². The summed E-state index contributed by atoms with van der Waals surface area (Å²) in [6.45, 7) is 10.0. The van der Waals surface area contributed by atoms with Crippen molar-refractivity contribution in [3.8, 4) is 0 Å². The number of likely N-dealkylation sites (tertiary alicyclic amines) is 1. The van der Waals surface area contributed by atoms with Crippen LogP contribution in [0.2, 0.25) is 0 Å². The maximum Gasteiger partial charge on any atom is 0.123 e. The van der Waals surface area contributed by atoms with Gasteiger partial charge < -0.3 is 5.32 Å². The fourth-order valence-corrected chi connectivity index (χ4v) is 3.51. The highest BCUT2D eigenvalue weighted by atomic mass is 19.1. The molecule has 2 nitrogen and oxygen atoms in total. The molecule has 0 aromatic heterocycles. The summed E-state index contributed by atoms with van der Waals surface area (Å²) in [7, 11) is 0. The zero-order valence-corrected chi connectivity index (χ0v) is 13.7. The third kappa shape index (κ3) is 3.64. The first-order valence-electron chi connectivity index (χ1n) is 8.35. The van der Waals surface area contributed by atoms with Gasteiger partial charge in [0.25, 0.3) is 0 Å². The Morgan fingerprint density at radius 2 is 2.00 bits per heavy atom. The summed E-state index contributed by atoms with van der Waals surface area (Å²) < 4.78 is 13.7. The van der Waals surface area contributed by atoms with Crippen LogP contribution < -0.4 is 5.32 Å². The van der Waals surface area contributed by atoms with Gasteiger partial charge in [-0.3, -0.25) is 4.90 Å². The first-order valence-corrected chi connectivity index (χ1v) is 8.35. The molecule has 21 heavy (non-hydrogen) atoms. The average Bonchev–Trinajstić information content (AvgIpc) is 3.02. The Balaban J connectivity index is 2.32. The summed E-state index contributed by atoms with van der Waals surface area (Å²) in [4.78, 5) is 2.59. The van der Waals surface area contributed by atoms with Crippen molar-refractivity contribution in [1.29, 1.82) is 0 Å². The molecule has 0 saturated carbocycles. The number of hydrogen-bond acceptors (Lipinski definition) is 2. The van der Waals surface area contributed by atoms with Crippen LogP contribution in [0.15, 0.2) is 24.3 Å². The largest absolute Gasteiger partial charge is 0.308 e. The second-order valence-electron chi connectivity index (χ2n) is 6.35. The molecule has 2 unspecified atom stereocenters. The highest BCUT2D eigenvalue weighted by molar-refractivity contribution is 5.24. The quantitative estimate of drug-likeness (QED) is 0.813. The van der Waals surface area contributed by atoms with E-state index in [2.05, 4.69) is 37.1 Å². The predicted octanol–water partition coefficient (Wildman–Crippen LogP) is 4.13. The van der Waals surface area contributed by atoms with Crippen LogP contribution in [0.1, 0.15) is 58.1 Å². The van der Waals surface area contributed by atoms with Crippen molar-refractivity contribution in [1.82, 2.24) is 10.2 Å². The van der Waals surface area contributed by atoms with Crippen LogP contribution in [0.25, 0.3) is 0 Å². The summed E-state index contributed by atoms with van der Waals surface area (Å²) in [6, 6.07) is 7.28. The van der Waals surface area contributed by atoms with E-state index in [1.54, 1.807) is 6.07 Å². The summed E-state index contributed by atoms with van der Waals surface area (Å²) in [5.74, 6) is -0.143. The molecule has 0 radical (unpaired) electrons. The summed E-state index contributed by atoms with van der Waals surface area (Å²) in [6.07, 6.45) is 4.70. The van der Waals surface area contributed by atoms with Crippen molar-refractivity contribution >= 4 is 0 Å². The maximum atomic E-state index is 13.7. The van der Waals surface area contributed by atoms with Crippen molar-refractivity contribution in [2.45, 2.75) is 58.0 Å². The fourth-order valence-electron chi connectivity index (χ4n) is 3.51. The minimum absolute atomic E-state index is 0.0411. The zero-order valence-electron chi connectivity index (χ0n) is 13.7. The van der Waals surface area contributed by atoms with Gasteiger partial charge in [-0.2, -0.15) is 0 Å². The molecule has 0 amide bonds. The second-order valence-corrected chi connectivity index (χ2v) is 6.35. The lowest BCUT2D eigenvalue weighted by atomic mass is 9.83. The number of benzene rings is 1. The van der Waals surface area contributed by atoms with Gasteiger partial charge in [0.2, 0.25) is 0 Å². The monoisotopic (exact) mass is 292 g/mol. The number of halogens is 1. The van der Waals surface area contributed by atoms with Gasteiger partial charge in [0.05, 0.1) is 6.04 Å². The lowest BCUT2D eigenvalue weighted by Crippen LogP contribution is -2.53. The molecule has 2 rings (SSSR count). The van der Waals surface area contributed by atoms with Crippen molar-refractivity contribution in [3.05, 3.63) is 35.6 Å². The first-order chi connectivity index (χ1) is 10.1. The van der Waals surface area contributed by atoms with Crippen molar-refractivity contribution in [3.63, 3.8) is 0 Å². The minimum Gasteiger partial charge on any atom is -0.308 e. The number of hydrogen-bond donors (Lipinski definition) is 1. The Kier molecular flexibility index (Phi) is 5.77. The molecule has 0 aliphatic carbocycles. The van der Waals surface area contributed by atoms with Crippen LogP contribution in [0.4, 0.5) is 4.39 Å². The summed E-state index contributed by atoms with van der Waals surface area (Å²) >= 11 is 0. The highest BCUT2D eigenvalue weighted by Gasteiger charge is 2.39. The van der Waals surface area contributed by atoms with Crippen LogP contribution >= 0.6 is 0 Å². The summed E-state index contributed by atoms with van der Waals surface area (Å²) in [5, 5.41) is 3.67. The molecule has 1 aliphatic rings. The molecule has 1 aromatic carbocycles. The van der Waals surface area contributed by atoms with Crippen LogP contribution in [0, 0.1) is 5.82 Å². The van der Waals surface area contributed by atoms with E-state index < -0.39 is 0 Å². The molecule has 1 aromatic rings. The Morgan fingerprint density at radius 3 is 2.57 bits per heavy atom. The lowest BCUT2D eigenvalue weighted by Gasteiger charge is -2.45. The van der Waals surface area contributed by atoms with Crippen LogP contribution in [-0.2, 0) is 0 Å². The Morgan fingerprint density at radius 1 is 1.29 bits per heavy atom. The normalized spacial score (nSPS) is 20.4. The van der Waals surface area contributed by atoms with E-state index in [9.17, 15) is 4.39 Å². The smallest absolute Gasteiger partial charge is 0.123 e. The fraction of sp³-hybridized carbons (Fsp3) is 0.667. The number of nitrogens with zero attached hydrogens (tertiary/aromatic N) is 1. The minimum atomic E-state index is -0.143. The van der Waals surface area contributed by atoms with E-state index in [1.165, 1.54) is 18.9 Å². The molecule has 3 heteroatoms. The van der Waals surface area contributed by atoms with E-state index >= 15 is 0 Å². The number of nitrogens with one attached hydrogen (secondary N) is 1. The van der Waals surface area contributed by atoms with Gasteiger partial charge in [0.15, 0.2) is 0 Å². The lowest BCUT2D eigenvalue weighted by molar-refractivity contribution is 0.0838. The average molecular weight is 292 g/mol. The van der Waals surface area contributed by atoms with Gasteiger partial charge in [-0.25, -0.2) is 4.39 Å². The molecule has 0 bridgehead atoms. The topological polar surface area (TPSA) is 15.3 Å². The third-order valence-electron chi connectivity index (χ3n) is 4.95. The van der Waals surface area contributed by atoms with E-state index in [1.807, 2.05) is 6.07 Å². The molecule has 1 N–H and O–H groups in total. The molecule has 0 spiro atoms. The second kappa shape index (κ2) is 7.37. The first kappa shape index (κ1) is 16.4. The molecule has 118 valence electrons. The van der Waals surface area contributed by atoms with Crippen molar-refractivity contribution < 1.29 is 4.39 Å². The Bertz CT molecular complexity index is 443. The van der Waals surface area contributed by atoms with E-state index in [0.29, 0.717) is 0 Å². The van der Waals surface area contributed by atoms with Gasteiger partial charge in [-0.15, -0.1) is 0 Å². The van der Waals surface area contributed by atoms with Crippen molar-refractivity contribution in [2.75, 3.05) is 19.6 Å². The predicted molar refractivity (Wildman–Crippen MR) is 86.9 cm³/mol. The van der Waals surface area contributed by atoms with Gasteiger partial charge >= 0.3 is 0 Å². The molecule has 1 heterocycles. The molecular weight excluding hydrogens is 263 g/mol. The van der Waals surface area contributed by atoms with Gasteiger partial charge in [0, 0.05) is 5.54 Å².